The molecule has 144 valence electrons. The summed E-state index contributed by atoms with van der Waals surface area (Å²) in [5.41, 5.74) is -1.13. The van der Waals surface area contributed by atoms with Gasteiger partial charge in [0.05, 0.1) is 28.5 Å². The van der Waals surface area contributed by atoms with Gasteiger partial charge in [-0.25, -0.2) is 9.37 Å². The summed E-state index contributed by atoms with van der Waals surface area (Å²) in [5, 5.41) is 2.37. The van der Waals surface area contributed by atoms with Gasteiger partial charge in [0.25, 0.3) is 5.91 Å². The number of alkyl halides is 3. The van der Waals surface area contributed by atoms with Gasteiger partial charge in [-0.05, 0) is 36.4 Å². The number of hydrogen-bond acceptors (Lipinski definition) is 4. The molecule has 5 nitrogen and oxygen atoms in total. The molecule has 0 saturated carbocycles. The lowest BCUT2D eigenvalue weighted by Crippen LogP contribution is -2.14. The molecule has 1 aromatic carbocycles. The Morgan fingerprint density at radius 2 is 1.89 bits per heavy atom. The second kappa shape index (κ2) is 7.81. The third kappa shape index (κ3) is 4.55. The van der Waals surface area contributed by atoms with E-state index in [1.54, 1.807) is 0 Å². The van der Waals surface area contributed by atoms with Crippen LogP contribution in [0.25, 0.3) is 0 Å². The van der Waals surface area contributed by atoms with Crippen LogP contribution in [0, 0.1) is 5.82 Å². The number of ether oxygens (including phenoxy) is 1. The number of aromatic nitrogens is 2. The van der Waals surface area contributed by atoms with E-state index in [9.17, 15) is 22.4 Å². The molecule has 2 heterocycles. The Hall–Kier alpha value is -3.20. The Kier molecular flexibility index (Phi) is 5.46. The molecule has 0 atom stereocenters. The third-order valence-corrected chi connectivity index (χ3v) is 3.79. The van der Waals surface area contributed by atoms with Crippen molar-refractivity contribution in [1.29, 1.82) is 0 Å². The molecule has 28 heavy (non-hydrogen) atoms. The van der Waals surface area contributed by atoms with Crippen molar-refractivity contribution in [2.24, 2.45) is 0 Å². The van der Waals surface area contributed by atoms with Gasteiger partial charge in [-0.3, -0.25) is 9.78 Å². The number of carbonyl (C=O) groups excluding carboxylic acids is 1. The van der Waals surface area contributed by atoms with Gasteiger partial charge in [0.2, 0.25) is 0 Å². The van der Waals surface area contributed by atoms with Crippen molar-refractivity contribution in [1.82, 2.24) is 9.97 Å². The predicted molar refractivity (Wildman–Crippen MR) is 92.9 cm³/mol. The molecule has 1 N–H and O–H groups in total. The number of amides is 1. The first-order valence-corrected chi connectivity index (χ1v) is 8.03. The van der Waals surface area contributed by atoms with E-state index in [0.717, 1.165) is 24.4 Å². The molecule has 0 bridgehead atoms. The monoisotopic (exact) mass is 411 g/mol. The molecule has 0 fully saturated rings. The molecule has 3 rings (SSSR count). The van der Waals surface area contributed by atoms with Crippen molar-refractivity contribution in [2.45, 2.75) is 6.18 Å². The van der Waals surface area contributed by atoms with E-state index < -0.39 is 23.5 Å². The van der Waals surface area contributed by atoms with Crippen LogP contribution in [0.5, 0.6) is 11.5 Å². The van der Waals surface area contributed by atoms with Crippen molar-refractivity contribution in [3.63, 3.8) is 0 Å². The highest BCUT2D eigenvalue weighted by molar-refractivity contribution is 6.32. The Labute approximate surface area is 161 Å². The van der Waals surface area contributed by atoms with Crippen molar-refractivity contribution in [3.05, 3.63) is 77.0 Å². The van der Waals surface area contributed by atoms with Crippen LogP contribution in [0.15, 0.2) is 55.0 Å². The minimum Gasteiger partial charge on any atom is -0.454 e. The second-order valence-corrected chi connectivity index (χ2v) is 5.84. The average Bonchev–Trinajstić information content (AvgIpc) is 2.64. The molecule has 0 saturated heterocycles. The Morgan fingerprint density at radius 1 is 1.11 bits per heavy atom. The SMILES string of the molecule is O=C(Nc1ccc(Oc2cc(C(F)(F)F)ccc2Cl)cn1)c1ccncc1F. The number of benzene rings is 1. The van der Waals surface area contributed by atoms with Crippen LogP contribution in [0.3, 0.4) is 0 Å². The highest BCUT2D eigenvalue weighted by atomic mass is 35.5. The minimum absolute atomic E-state index is 0.0152. The Morgan fingerprint density at radius 3 is 2.54 bits per heavy atom. The molecule has 1 amide bonds. The fraction of sp³-hybridized carbons (Fsp3) is 0.0556. The number of pyridine rings is 2. The first-order chi connectivity index (χ1) is 13.2. The van der Waals surface area contributed by atoms with Crippen molar-refractivity contribution >= 4 is 23.3 Å². The smallest absolute Gasteiger partial charge is 0.416 e. The molecule has 0 aliphatic rings. The fourth-order valence-corrected chi connectivity index (χ4v) is 2.30. The maximum Gasteiger partial charge on any atom is 0.416 e. The molecule has 0 aliphatic carbocycles. The van der Waals surface area contributed by atoms with Crippen LogP contribution in [0.2, 0.25) is 5.02 Å². The molecule has 0 unspecified atom stereocenters. The van der Waals surface area contributed by atoms with E-state index in [0.29, 0.717) is 0 Å². The van der Waals surface area contributed by atoms with E-state index in [1.165, 1.54) is 30.6 Å². The van der Waals surface area contributed by atoms with Gasteiger partial charge in [-0.1, -0.05) is 11.6 Å². The zero-order chi connectivity index (χ0) is 20.3. The number of rotatable bonds is 4. The van der Waals surface area contributed by atoms with E-state index >= 15 is 0 Å². The van der Waals surface area contributed by atoms with E-state index in [-0.39, 0.29) is 27.9 Å². The van der Waals surface area contributed by atoms with Crippen molar-refractivity contribution in [2.75, 3.05) is 5.32 Å². The summed E-state index contributed by atoms with van der Waals surface area (Å²) in [6, 6.07) is 6.59. The largest absolute Gasteiger partial charge is 0.454 e. The fourth-order valence-electron chi connectivity index (χ4n) is 2.14. The van der Waals surface area contributed by atoms with Gasteiger partial charge in [0.15, 0.2) is 5.82 Å². The van der Waals surface area contributed by atoms with Gasteiger partial charge in [-0.2, -0.15) is 13.2 Å². The molecule has 10 heteroatoms. The number of nitrogens with zero attached hydrogens (tertiary/aromatic N) is 2. The van der Waals surface area contributed by atoms with Crippen molar-refractivity contribution in [3.8, 4) is 11.5 Å². The Bertz CT molecular complexity index is 1010. The second-order valence-electron chi connectivity index (χ2n) is 5.43. The number of anilines is 1. The summed E-state index contributed by atoms with van der Waals surface area (Å²) < 4.78 is 57.3. The van der Waals surface area contributed by atoms with Crippen LogP contribution in [-0.2, 0) is 6.18 Å². The number of hydrogen-bond donors (Lipinski definition) is 1. The molecule has 0 radical (unpaired) electrons. The summed E-state index contributed by atoms with van der Waals surface area (Å²) >= 11 is 5.87. The van der Waals surface area contributed by atoms with E-state index in [4.69, 9.17) is 16.3 Å². The summed E-state index contributed by atoms with van der Waals surface area (Å²) in [4.78, 5) is 19.5. The van der Waals surface area contributed by atoms with Crippen molar-refractivity contribution < 1.29 is 27.1 Å². The summed E-state index contributed by atoms with van der Waals surface area (Å²) in [5.74, 6) is -1.55. The lowest BCUT2D eigenvalue weighted by Gasteiger charge is -2.12. The zero-order valence-electron chi connectivity index (χ0n) is 13.8. The van der Waals surface area contributed by atoms with Gasteiger partial charge in [0, 0.05) is 6.20 Å². The number of halogens is 5. The zero-order valence-corrected chi connectivity index (χ0v) is 14.6. The topological polar surface area (TPSA) is 64.1 Å². The van der Waals surface area contributed by atoms with Crippen LogP contribution >= 0.6 is 11.6 Å². The number of carbonyl (C=O) groups is 1. The summed E-state index contributed by atoms with van der Waals surface area (Å²) in [6.07, 6.45) is -1.20. The first kappa shape index (κ1) is 19.6. The Balaban J connectivity index is 1.73. The lowest BCUT2D eigenvalue weighted by molar-refractivity contribution is -0.137. The molecular formula is C18H10ClF4N3O2. The van der Waals surface area contributed by atoms with Crippen LogP contribution < -0.4 is 10.1 Å². The maximum atomic E-state index is 13.5. The average molecular weight is 412 g/mol. The maximum absolute atomic E-state index is 13.5. The first-order valence-electron chi connectivity index (χ1n) is 7.65. The highest BCUT2D eigenvalue weighted by Gasteiger charge is 2.31. The quantitative estimate of drug-likeness (QED) is 0.589. The summed E-state index contributed by atoms with van der Waals surface area (Å²) in [6.45, 7) is 0. The standard InChI is InChI=1S/C18H10ClF4N3O2/c19-13-3-1-10(18(21,22)23)7-15(13)28-11-2-4-16(25-8-11)26-17(27)12-5-6-24-9-14(12)20/h1-9H,(H,25,26,27). The molecule has 0 spiro atoms. The molecule has 2 aromatic heterocycles. The van der Waals surface area contributed by atoms with E-state index in [1.807, 2.05) is 0 Å². The minimum atomic E-state index is -4.54. The number of nitrogens with one attached hydrogen (secondary N) is 1. The van der Waals surface area contributed by atoms with Crippen LogP contribution in [0.4, 0.5) is 23.4 Å². The van der Waals surface area contributed by atoms with Crippen LogP contribution in [-0.4, -0.2) is 15.9 Å². The summed E-state index contributed by atoms with van der Waals surface area (Å²) in [7, 11) is 0. The van der Waals surface area contributed by atoms with Gasteiger partial charge in [-0.15, -0.1) is 0 Å². The third-order valence-electron chi connectivity index (χ3n) is 3.48. The van der Waals surface area contributed by atoms with Gasteiger partial charge < -0.3 is 10.1 Å². The lowest BCUT2D eigenvalue weighted by atomic mass is 10.2. The highest BCUT2D eigenvalue weighted by Crippen LogP contribution is 2.36. The normalized spacial score (nSPS) is 11.2. The molecular weight excluding hydrogens is 402 g/mol. The molecule has 0 aliphatic heterocycles. The van der Waals surface area contributed by atoms with Gasteiger partial charge >= 0.3 is 6.18 Å². The van der Waals surface area contributed by atoms with E-state index in [2.05, 4.69) is 15.3 Å². The van der Waals surface area contributed by atoms with Crippen LogP contribution in [0.1, 0.15) is 15.9 Å². The molecule has 3 aromatic rings. The van der Waals surface area contributed by atoms with Gasteiger partial charge in [0.1, 0.15) is 17.3 Å². The predicted octanol–water partition coefficient (Wildman–Crippen LogP) is 5.33.